The second-order valence-corrected chi connectivity index (χ2v) is 1.22. The molecule has 1 unspecified atom stereocenters. The van der Waals surface area contributed by atoms with E-state index in [0.717, 1.165) is 0 Å². The highest BCUT2D eigenvalue weighted by Crippen LogP contribution is 1.81. The molecule has 0 aromatic carbocycles. The molecule has 0 amide bonds. The van der Waals surface area contributed by atoms with E-state index in [1.807, 2.05) is 0 Å². The van der Waals surface area contributed by atoms with Gasteiger partial charge in [-0.15, -0.1) is 0 Å². The Morgan fingerprint density at radius 1 is 1.71 bits per heavy atom. The molecule has 0 saturated heterocycles. The fourth-order valence-corrected chi connectivity index (χ4v) is 0.217. The van der Waals surface area contributed by atoms with Crippen molar-refractivity contribution in [3.63, 3.8) is 0 Å². The van der Waals surface area contributed by atoms with Crippen LogP contribution in [0.4, 0.5) is 0 Å². The molecule has 7 heavy (non-hydrogen) atoms. The van der Waals surface area contributed by atoms with Gasteiger partial charge in [-0.25, -0.2) is 4.89 Å². The predicted octanol–water partition coefficient (Wildman–Crippen LogP) is -0.890. The highest BCUT2D eigenvalue weighted by Gasteiger charge is 1.95. The Morgan fingerprint density at radius 3 is 2.43 bits per heavy atom. The van der Waals surface area contributed by atoms with Crippen molar-refractivity contribution in [2.45, 2.75) is 12.6 Å². The summed E-state index contributed by atoms with van der Waals surface area (Å²) in [7, 11) is 0. The van der Waals surface area contributed by atoms with Crippen LogP contribution in [-0.4, -0.2) is 18.0 Å². The van der Waals surface area contributed by atoms with Crippen LogP contribution < -0.4 is 11.5 Å². The molecule has 0 saturated carbocycles. The average Bonchev–Trinajstić information content (AvgIpc) is 1.68. The summed E-state index contributed by atoms with van der Waals surface area (Å²) in [5.41, 5.74) is 10.1. The molecule has 0 rings (SSSR count). The first-order chi connectivity index (χ1) is 3.31. The molecule has 1 atom stereocenters. The molecule has 0 bridgehead atoms. The summed E-state index contributed by atoms with van der Waals surface area (Å²) in [5, 5.41) is 7.79. The van der Waals surface area contributed by atoms with Gasteiger partial charge in [-0.2, -0.15) is 0 Å². The molecular weight excluding hydrogens is 96.0 g/mol. The average molecular weight is 106 g/mol. The van der Waals surface area contributed by atoms with Crippen LogP contribution in [0.1, 0.15) is 6.42 Å². The van der Waals surface area contributed by atoms with E-state index in [1.165, 1.54) is 0 Å². The van der Waals surface area contributed by atoms with Crippen LogP contribution in [0.5, 0.6) is 0 Å². The van der Waals surface area contributed by atoms with E-state index in [9.17, 15) is 0 Å². The summed E-state index contributed by atoms with van der Waals surface area (Å²) in [6.07, 6.45) is -0.138. The lowest BCUT2D eigenvalue weighted by Gasteiger charge is -2.02. The highest BCUT2D eigenvalue weighted by atomic mass is 17.1. The Bertz CT molecular complexity index is 41.9. The highest BCUT2D eigenvalue weighted by molar-refractivity contribution is 4.43. The van der Waals surface area contributed by atoms with Crippen LogP contribution >= 0.6 is 0 Å². The van der Waals surface area contributed by atoms with Crippen molar-refractivity contribution in [1.82, 2.24) is 0 Å². The number of hydrogen-bond acceptors (Lipinski definition) is 4. The van der Waals surface area contributed by atoms with Crippen LogP contribution in [0.15, 0.2) is 0 Å². The molecule has 0 radical (unpaired) electrons. The zero-order valence-corrected chi connectivity index (χ0v) is 4.00. The van der Waals surface area contributed by atoms with E-state index < -0.39 is 6.23 Å². The van der Waals surface area contributed by atoms with Crippen LogP contribution in [0.2, 0.25) is 0 Å². The zero-order chi connectivity index (χ0) is 5.70. The smallest absolute Gasteiger partial charge is 0.142 e. The van der Waals surface area contributed by atoms with Gasteiger partial charge >= 0.3 is 0 Å². The number of rotatable bonds is 3. The van der Waals surface area contributed by atoms with E-state index in [2.05, 4.69) is 4.89 Å². The molecular formula is C3H10N2O2. The van der Waals surface area contributed by atoms with E-state index in [4.69, 9.17) is 16.7 Å². The molecule has 0 heterocycles. The van der Waals surface area contributed by atoms with Crippen molar-refractivity contribution in [2.24, 2.45) is 11.5 Å². The largest absolute Gasteiger partial charge is 0.330 e. The molecule has 0 aliphatic rings. The minimum atomic E-state index is -0.620. The summed E-state index contributed by atoms with van der Waals surface area (Å²) in [4.78, 5) is 3.69. The van der Waals surface area contributed by atoms with Gasteiger partial charge in [0.1, 0.15) is 6.23 Å². The summed E-state index contributed by atoms with van der Waals surface area (Å²) < 4.78 is 0. The second-order valence-electron chi connectivity index (χ2n) is 1.22. The fourth-order valence-electron chi connectivity index (χ4n) is 0.217. The minimum Gasteiger partial charge on any atom is -0.330 e. The summed E-state index contributed by atoms with van der Waals surface area (Å²) in [6.45, 7) is 0.432. The van der Waals surface area contributed by atoms with Crippen LogP contribution in [0, 0.1) is 0 Å². The van der Waals surface area contributed by atoms with Gasteiger partial charge < -0.3 is 11.5 Å². The Kier molecular flexibility index (Phi) is 3.92. The molecule has 0 aliphatic carbocycles. The fraction of sp³-hybridized carbons (Fsp3) is 1.00. The number of nitrogens with two attached hydrogens (primary N) is 2. The Labute approximate surface area is 42.0 Å². The number of hydrogen-bond donors (Lipinski definition) is 3. The third kappa shape index (κ3) is 3.68. The van der Waals surface area contributed by atoms with E-state index in [1.54, 1.807) is 0 Å². The Hall–Kier alpha value is -0.160. The predicted molar refractivity (Wildman–Crippen MR) is 25.4 cm³/mol. The van der Waals surface area contributed by atoms with Crippen LogP contribution in [0.3, 0.4) is 0 Å². The first kappa shape index (κ1) is 6.84. The standard InChI is InChI=1S/C3H10N2O2/c4-2-1-3(5)7-6/h3,6H,1-2,4-5H2. The van der Waals surface area contributed by atoms with Crippen molar-refractivity contribution in [3.05, 3.63) is 0 Å². The molecule has 44 valence electrons. The molecule has 0 aromatic heterocycles. The monoisotopic (exact) mass is 106 g/mol. The topological polar surface area (TPSA) is 81.5 Å². The lowest BCUT2D eigenvalue weighted by Crippen LogP contribution is -2.25. The van der Waals surface area contributed by atoms with Gasteiger partial charge in [0, 0.05) is 6.42 Å². The van der Waals surface area contributed by atoms with E-state index in [0.29, 0.717) is 13.0 Å². The molecule has 4 heteroatoms. The molecule has 0 aromatic rings. The first-order valence-electron chi connectivity index (χ1n) is 2.07. The maximum absolute atomic E-state index is 7.79. The maximum atomic E-state index is 7.79. The quantitative estimate of drug-likeness (QED) is 0.247. The Balaban J connectivity index is 2.83. The molecule has 0 aliphatic heterocycles. The summed E-state index contributed by atoms with van der Waals surface area (Å²) in [6, 6.07) is 0. The van der Waals surface area contributed by atoms with Gasteiger partial charge in [0.2, 0.25) is 0 Å². The molecule has 4 nitrogen and oxygen atoms in total. The van der Waals surface area contributed by atoms with Crippen molar-refractivity contribution in [3.8, 4) is 0 Å². The minimum absolute atomic E-state index is 0.432. The molecule has 0 fully saturated rings. The zero-order valence-electron chi connectivity index (χ0n) is 4.00. The third-order valence-electron chi connectivity index (χ3n) is 0.587. The van der Waals surface area contributed by atoms with Gasteiger partial charge in [-0.1, -0.05) is 0 Å². The van der Waals surface area contributed by atoms with E-state index >= 15 is 0 Å². The van der Waals surface area contributed by atoms with Gasteiger partial charge in [0.15, 0.2) is 0 Å². The third-order valence-corrected chi connectivity index (χ3v) is 0.587. The van der Waals surface area contributed by atoms with Crippen LogP contribution in [-0.2, 0) is 4.89 Å². The maximum Gasteiger partial charge on any atom is 0.142 e. The van der Waals surface area contributed by atoms with Gasteiger partial charge in [0.05, 0.1) is 0 Å². The van der Waals surface area contributed by atoms with E-state index in [-0.39, 0.29) is 0 Å². The second kappa shape index (κ2) is 4.01. The van der Waals surface area contributed by atoms with Crippen molar-refractivity contribution < 1.29 is 10.1 Å². The van der Waals surface area contributed by atoms with Crippen LogP contribution in [0.25, 0.3) is 0 Å². The SMILES string of the molecule is NCCC(N)OO. The molecule has 0 spiro atoms. The Morgan fingerprint density at radius 2 is 2.29 bits per heavy atom. The molecule has 5 N–H and O–H groups in total. The van der Waals surface area contributed by atoms with Gasteiger partial charge in [-0.3, -0.25) is 5.26 Å². The lowest BCUT2D eigenvalue weighted by atomic mass is 10.4. The first-order valence-corrected chi connectivity index (χ1v) is 2.07. The lowest BCUT2D eigenvalue weighted by molar-refractivity contribution is -0.277. The summed E-state index contributed by atoms with van der Waals surface area (Å²) in [5.74, 6) is 0. The summed E-state index contributed by atoms with van der Waals surface area (Å²) >= 11 is 0. The van der Waals surface area contributed by atoms with Crippen molar-refractivity contribution in [1.29, 1.82) is 0 Å². The van der Waals surface area contributed by atoms with Crippen molar-refractivity contribution in [2.75, 3.05) is 6.54 Å². The van der Waals surface area contributed by atoms with Crippen molar-refractivity contribution >= 4 is 0 Å². The normalized spacial score (nSPS) is 14.1. The van der Waals surface area contributed by atoms with Gasteiger partial charge in [-0.05, 0) is 6.54 Å². The van der Waals surface area contributed by atoms with Gasteiger partial charge in [0.25, 0.3) is 0 Å².